The van der Waals surface area contributed by atoms with Crippen LogP contribution in [0.5, 0.6) is 0 Å². The Kier molecular flexibility index (Phi) is 3.64. The first-order valence-electron chi connectivity index (χ1n) is 6.81. The topological polar surface area (TPSA) is 80.3 Å². The van der Waals surface area contributed by atoms with Gasteiger partial charge in [0.2, 0.25) is 0 Å². The molecular formula is C17H12N2O4. The Morgan fingerprint density at radius 3 is 1.74 bits per heavy atom. The van der Waals surface area contributed by atoms with E-state index in [1.54, 1.807) is 54.9 Å². The summed E-state index contributed by atoms with van der Waals surface area (Å²) >= 11 is 0. The fourth-order valence-corrected chi connectivity index (χ4v) is 2.29. The van der Waals surface area contributed by atoms with Gasteiger partial charge in [0.1, 0.15) is 5.65 Å². The van der Waals surface area contributed by atoms with Crippen molar-refractivity contribution in [1.29, 1.82) is 0 Å². The maximum atomic E-state index is 11.4. The van der Waals surface area contributed by atoms with Crippen LogP contribution in [0.3, 0.4) is 0 Å². The van der Waals surface area contributed by atoms with E-state index in [1.165, 1.54) is 20.9 Å². The summed E-state index contributed by atoms with van der Waals surface area (Å²) in [5.41, 5.74) is 0.735. The van der Waals surface area contributed by atoms with Gasteiger partial charge in [0.05, 0.1) is 5.56 Å². The lowest BCUT2D eigenvalue weighted by atomic mass is 10.2. The summed E-state index contributed by atoms with van der Waals surface area (Å²) in [7, 11) is 0. The van der Waals surface area contributed by atoms with Gasteiger partial charge in [-0.1, -0.05) is 18.2 Å². The van der Waals surface area contributed by atoms with Crippen LogP contribution in [0.4, 0.5) is 0 Å². The summed E-state index contributed by atoms with van der Waals surface area (Å²) in [6.45, 7) is 0. The predicted octanol–water partition coefficient (Wildman–Crippen LogP) is 1.73. The van der Waals surface area contributed by atoms with E-state index < -0.39 is 5.97 Å². The van der Waals surface area contributed by atoms with Crippen LogP contribution in [0, 0.1) is 0 Å². The van der Waals surface area contributed by atoms with Crippen LogP contribution >= 0.6 is 0 Å². The van der Waals surface area contributed by atoms with Gasteiger partial charge in [-0.05, 0) is 24.3 Å². The first-order valence-corrected chi connectivity index (χ1v) is 6.81. The molecule has 3 aromatic heterocycles. The molecule has 4 aromatic rings. The normalized spacial score (nSPS) is 10.4. The molecule has 0 aliphatic rings. The van der Waals surface area contributed by atoms with E-state index in [9.17, 15) is 14.4 Å². The second-order valence-corrected chi connectivity index (χ2v) is 4.83. The van der Waals surface area contributed by atoms with E-state index in [0.717, 1.165) is 5.39 Å². The molecule has 6 nitrogen and oxygen atoms in total. The Morgan fingerprint density at radius 1 is 0.783 bits per heavy atom. The summed E-state index contributed by atoms with van der Waals surface area (Å²) in [6, 6.07) is 14.7. The highest BCUT2D eigenvalue weighted by Gasteiger charge is 2.05. The van der Waals surface area contributed by atoms with Gasteiger partial charge in [-0.3, -0.25) is 18.4 Å². The average molecular weight is 308 g/mol. The zero-order chi connectivity index (χ0) is 16.4. The van der Waals surface area contributed by atoms with E-state index in [1.807, 2.05) is 0 Å². The fraction of sp³-hybridized carbons (Fsp3) is 0. The summed E-state index contributed by atoms with van der Waals surface area (Å²) in [5.74, 6) is -0.879. The lowest BCUT2D eigenvalue weighted by Gasteiger charge is -1.98. The third kappa shape index (κ3) is 2.69. The first kappa shape index (κ1) is 14.5. The first-order chi connectivity index (χ1) is 11.1. The van der Waals surface area contributed by atoms with Crippen LogP contribution in [-0.4, -0.2) is 19.9 Å². The molecule has 0 aliphatic heterocycles. The van der Waals surface area contributed by atoms with E-state index >= 15 is 0 Å². The number of pyridine rings is 2. The minimum Gasteiger partial charge on any atom is -0.478 e. The molecule has 0 radical (unpaired) electrons. The van der Waals surface area contributed by atoms with Crippen LogP contribution in [0.1, 0.15) is 10.4 Å². The number of benzene rings is 1. The van der Waals surface area contributed by atoms with Gasteiger partial charge in [0, 0.05) is 29.9 Å². The molecule has 0 spiro atoms. The quantitative estimate of drug-likeness (QED) is 0.581. The zero-order valence-corrected chi connectivity index (χ0v) is 11.9. The standard InChI is InChI=1S/C10H6N2O2.C7H6O2/c13-8-3-1-7-2-4-9(14)12-6-5-11(8)10(7)12;8-7(9)6-4-2-1-3-5-6/h1-6H;1-5H,(H,8,9). The molecule has 4 rings (SSSR count). The van der Waals surface area contributed by atoms with Gasteiger partial charge in [-0.25, -0.2) is 4.79 Å². The predicted molar refractivity (Wildman–Crippen MR) is 85.5 cm³/mol. The monoisotopic (exact) mass is 308 g/mol. The second-order valence-electron chi connectivity index (χ2n) is 4.83. The van der Waals surface area contributed by atoms with Crippen LogP contribution in [-0.2, 0) is 0 Å². The van der Waals surface area contributed by atoms with Crippen molar-refractivity contribution in [1.82, 2.24) is 8.80 Å². The van der Waals surface area contributed by atoms with Gasteiger partial charge in [0.25, 0.3) is 11.1 Å². The lowest BCUT2D eigenvalue weighted by molar-refractivity contribution is 0.0697. The number of hydrogen-bond donors (Lipinski definition) is 1. The number of rotatable bonds is 1. The van der Waals surface area contributed by atoms with Crippen molar-refractivity contribution in [2.45, 2.75) is 0 Å². The highest BCUT2D eigenvalue weighted by Crippen LogP contribution is 2.08. The molecule has 6 heteroatoms. The van der Waals surface area contributed by atoms with E-state index in [2.05, 4.69) is 0 Å². The van der Waals surface area contributed by atoms with Gasteiger partial charge < -0.3 is 5.11 Å². The molecule has 0 aliphatic carbocycles. The van der Waals surface area contributed by atoms with E-state index in [4.69, 9.17) is 5.11 Å². The van der Waals surface area contributed by atoms with Crippen LogP contribution < -0.4 is 11.1 Å². The van der Waals surface area contributed by atoms with Crippen LogP contribution in [0.25, 0.3) is 11.0 Å². The highest BCUT2D eigenvalue weighted by molar-refractivity contribution is 5.87. The number of imidazole rings is 1. The largest absolute Gasteiger partial charge is 0.478 e. The van der Waals surface area contributed by atoms with E-state index in [0.29, 0.717) is 11.2 Å². The van der Waals surface area contributed by atoms with Gasteiger partial charge >= 0.3 is 5.97 Å². The molecule has 0 unspecified atom stereocenters. The molecule has 0 amide bonds. The lowest BCUT2D eigenvalue weighted by Crippen LogP contribution is -2.15. The second kappa shape index (κ2) is 5.76. The molecule has 0 bridgehead atoms. The van der Waals surface area contributed by atoms with Crippen molar-refractivity contribution in [2.24, 2.45) is 0 Å². The summed E-state index contributed by atoms with van der Waals surface area (Å²) in [6.07, 6.45) is 3.21. The molecule has 1 N–H and O–H groups in total. The van der Waals surface area contributed by atoms with Crippen LogP contribution in [0.15, 0.2) is 76.6 Å². The molecule has 0 saturated heterocycles. The number of carboxylic acids is 1. The Morgan fingerprint density at radius 2 is 1.30 bits per heavy atom. The molecule has 23 heavy (non-hydrogen) atoms. The number of aromatic nitrogens is 2. The SMILES string of the molecule is O=C(O)c1ccccc1.O=c1ccc2ccc(=O)n3ccn1c23. The van der Waals surface area contributed by atoms with Gasteiger partial charge in [-0.2, -0.15) is 0 Å². The summed E-state index contributed by atoms with van der Waals surface area (Å²) in [4.78, 5) is 33.0. The van der Waals surface area contributed by atoms with Gasteiger partial charge in [-0.15, -0.1) is 0 Å². The van der Waals surface area contributed by atoms with E-state index in [-0.39, 0.29) is 11.1 Å². The molecular weight excluding hydrogens is 296 g/mol. The summed E-state index contributed by atoms with van der Waals surface area (Å²) in [5, 5.41) is 9.27. The Hall–Kier alpha value is -3.41. The third-order valence-electron chi connectivity index (χ3n) is 3.39. The smallest absolute Gasteiger partial charge is 0.335 e. The Labute approximate surface area is 129 Å². The summed E-state index contributed by atoms with van der Waals surface area (Å²) < 4.78 is 2.94. The third-order valence-corrected chi connectivity index (χ3v) is 3.39. The van der Waals surface area contributed by atoms with Crippen molar-refractivity contribution in [3.05, 3.63) is 93.3 Å². The minimum absolute atomic E-state index is 0.120. The highest BCUT2D eigenvalue weighted by atomic mass is 16.4. The fourth-order valence-electron chi connectivity index (χ4n) is 2.29. The zero-order valence-electron chi connectivity index (χ0n) is 11.9. The van der Waals surface area contributed by atoms with Gasteiger partial charge in [0.15, 0.2) is 0 Å². The van der Waals surface area contributed by atoms with Crippen molar-refractivity contribution < 1.29 is 9.90 Å². The molecule has 0 fully saturated rings. The minimum atomic E-state index is -0.879. The van der Waals surface area contributed by atoms with Crippen molar-refractivity contribution in [3.63, 3.8) is 0 Å². The number of carbonyl (C=O) groups is 1. The van der Waals surface area contributed by atoms with Crippen LogP contribution in [0.2, 0.25) is 0 Å². The number of carboxylic acid groups (broad SMARTS) is 1. The average Bonchev–Trinajstić information content (AvgIpc) is 3.02. The Bertz CT molecular complexity index is 1020. The molecule has 0 atom stereocenters. The molecule has 1 aromatic carbocycles. The number of hydrogen-bond acceptors (Lipinski definition) is 3. The number of nitrogens with zero attached hydrogens (tertiary/aromatic N) is 2. The maximum absolute atomic E-state index is 11.4. The maximum Gasteiger partial charge on any atom is 0.335 e. The molecule has 3 heterocycles. The van der Waals surface area contributed by atoms with Crippen molar-refractivity contribution >= 4 is 17.0 Å². The number of aromatic carboxylic acids is 1. The Balaban J connectivity index is 0.000000151. The molecule has 114 valence electrons. The van der Waals surface area contributed by atoms with Crippen molar-refractivity contribution in [3.8, 4) is 0 Å². The molecule has 0 saturated carbocycles. The van der Waals surface area contributed by atoms with Crippen molar-refractivity contribution in [2.75, 3.05) is 0 Å².